The highest BCUT2D eigenvalue weighted by Crippen LogP contribution is 2.06. The largest absolute Gasteiger partial charge is 0.103 e. The van der Waals surface area contributed by atoms with Gasteiger partial charge < -0.3 is 0 Å². The van der Waals surface area contributed by atoms with Gasteiger partial charge in [0.1, 0.15) is 0 Å². The van der Waals surface area contributed by atoms with Gasteiger partial charge in [0.05, 0.1) is 0 Å². The number of rotatable bonds is 5. The SMILES string of the molecule is C=CCCCC(C)=CCC. The van der Waals surface area contributed by atoms with Gasteiger partial charge in [-0.1, -0.05) is 24.6 Å². The summed E-state index contributed by atoms with van der Waals surface area (Å²) >= 11 is 0. The molecule has 0 radical (unpaired) electrons. The molecule has 0 saturated carbocycles. The molecule has 58 valence electrons. The van der Waals surface area contributed by atoms with Crippen LogP contribution in [-0.4, -0.2) is 0 Å². The minimum absolute atomic E-state index is 1.15. The molecule has 0 unspecified atom stereocenters. The lowest BCUT2D eigenvalue weighted by Gasteiger charge is -1.96. The van der Waals surface area contributed by atoms with Gasteiger partial charge >= 0.3 is 0 Å². The van der Waals surface area contributed by atoms with E-state index in [1.165, 1.54) is 24.8 Å². The molecule has 0 nitrogen and oxygen atoms in total. The maximum atomic E-state index is 3.68. The van der Waals surface area contributed by atoms with Crippen LogP contribution in [0.2, 0.25) is 0 Å². The number of hydrogen-bond donors (Lipinski definition) is 0. The van der Waals surface area contributed by atoms with E-state index in [1.54, 1.807) is 0 Å². The van der Waals surface area contributed by atoms with E-state index < -0.39 is 0 Å². The summed E-state index contributed by atoms with van der Waals surface area (Å²) in [7, 11) is 0. The minimum atomic E-state index is 1.15. The highest BCUT2D eigenvalue weighted by Gasteiger charge is 1.86. The Labute approximate surface area is 64.6 Å². The van der Waals surface area contributed by atoms with Crippen molar-refractivity contribution in [3.63, 3.8) is 0 Å². The predicted molar refractivity (Wildman–Crippen MR) is 48.1 cm³/mol. The van der Waals surface area contributed by atoms with Crippen LogP contribution in [0, 0.1) is 0 Å². The highest BCUT2D eigenvalue weighted by atomic mass is 13.9. The summed E-state index contributed by atoms with van der Waals surface area (Å²) in [4.78, 5) is 0. The summed E-state index contributed by atoms with van der Waals surface area (Å²) < 4.78 is 0. The lowest BCUT2D eigenvalue weighted by molar-refractivity contribution is 0.828. The summed E-state index contributed by atoms with van der Waals surface area (Å²) in [6, 6.07) is 0. The Hall–Kier alpha value is -0.520. The molecule has 0 saturated heterocycles. The maximum absolute atomic E-state index is 3.68. The van der Waals surface area contributed by atoms with E-state index >= 15 is 0 Å². The Morgan fingerprint density at radius 1 is 1.50 bits per heavy atom. The van der Waals surface area contributed by atoms with E-state index in [1.807, 2.05) is 6.08 Å². The van der Waals surface area contributed by atoms with Crippen molar-refractivity contribution in [1.82, 2.24) is 0 Å². The zero-order valence-corrected chi connectivity index (χ0v) is 7.19. The first-order valence-electron chi connectivity index (χ1n) is 4.07. The third-order valence-corrected chi connectivity index (χ3v) is 1.53. The van der Waals surface area contributed by atoms with Crippen LogP contribution in [0.1, 0.15) is 39.5 Å². The molecule has 0 atom stereocenters. The van der Waals surface area contributed by atoms with E-state index in [0.717, 1.165) is 6.42 Å². The monoisotopic (exact) mass is 138 g/mol. The van der Waals surface area contributed by atoms with E-state index in [4.69, 9.17) is 0 Å². The summed E-state index contributed by atoms with van der Waals surface area (Å²) in [5.41, 5.74) is 1.52. The smallest absolute Gasteiger partial charge is 0.0320 e. The fourth-order valence-electron chi connectivity index (χ4n) is 0.976. The molecule has 0 fully saturated rings. The van der Waals surface area contributed by atoms with Crippen LogP contribution in [0.4, 0.5) is 0 Å². The molecule has 0 aromatic carbocycles. The number of hydrogen-bond acceptors (Lipinski definition) is 0. The lowest BCUT2D eigenvalue weighted by Crippen LogP contribution is -1.76. The zero-order chi connectivity index (χ0) is 7.82. The first-order chi connectivity index (χ1) is 4.81. The van der Waals surface area contributed by atoms with Crippen LogP contribution in [0.3, 0.4) is 0 Å². The Kier molecular flexibility index (Phi) is 6.25. The molecule has 0 aliphatic rings. The normalized spacial score (nSPS) is 11.6. The van der Waals surface area contributed by atoms with Crippen molar-refractivity contribution in [2.24, 2.45) is 0 Å². The van der Waals surface area contributed by atoms with Crippen molar-refractivity contribution < 1.29 is 0 Å². The van der Waals surface area contributed by atoms with Gasteiger partial charge in [-0.15, -0.1) is 6.58 Å². The molecule has 0 rings (SSSR count). The zero-order valence-electron chi connectivity index (χ0n) is 7.19. The molecule has 0 aromatic heterocycles. The number of allylic oxidation sites excluding steroid dienone is 3. The van der Waals surface area contributed by atoms with Gasteiger partial charge in [-0.25, -0.2) is 0 Å². The van der Waals surface area contributed by atoms with Crippen molar-refractivity contribution in [3.05, 3.63) is 24.3 Å². The molecule has 10 heavy (non-hydrogen) atoms. The highest BCUT2D eigenvalue weighted by molar-refractivity contribution is 4.97. The summed E-state index contributed by atoms with van der Waals surface area (Å²) in [6.07, 6.45) is 9.09. The van der Waals surface area contributed by atoms with Gasteiger partial charge in [0.25, 0.3) is 0 Å². The van der Waals surface area contributed by atoms with Crippen molar-refractivity contribution in [2.75, 3.05) is 0 Å². The second-order valence-electron chi connectivity index (χ2n) is 2.64. The van der Waals surface area contributed by atoms with Crippen LogP contribution in [0.15, 0.2) is 24.3 Å². The average molecular weight is 138 g/mol. The Morgan fingerprint density at radius 3 is 2.70 bits per heavy atom. The fraction of sp³-hybridized carbons (Fsp3) is 0.600. The summed E-state index contributed by atoms with van der Waals surface area (Å²) in [6.45, 7) is 8.06. The summed E-state index contributed by atoms with van der Waals surface area (Å²) in [5, 5.41) is 0. The third-order valence-electron chi connectivity index (χ3n) is 1.53. The molecule has 0 bridgehead atoms. The van der Waals surface area contributed by atoms with Crippen molar-refractivity contribution >= 4 is 0 Å². The molecule has 0 spiro atoms. The second-order valence-corrected chi connectivity index (χ2v) is 2.64. The molecule has 0 N–H and O–H groups in total. The lowest BCUT2D eigenvalue weighted by atomic mass is 10.1. The molecular formula is C10H18. The van der Waals surface area contributed by atoms with Crippen LogP contribution >= 0.6 is 0 Å². The Bertz CT molecular complexity index is 109. The molecule has 0 aliphatic heterocycles. The van der Waals surface area contributed by atoms with Gasteiger partial charge in [0.2, 0.25) is 0 Å². The minimum Gasteiger partial charge on any atom is -0.103 e. The van der Waals surface area contributed by atoms with Gasteiger partial charge in [-0.05, 0) is 32.6 Å². The molecule has 0 heterocycles. The van der Waals surface area contributed by atoms with Crippen LogP contribution in [0.5, 0.6) is 0 Å². The molecular weight excluding hydrogens is 120 g/mol. The van der Waals surface area contributed by atoms with E-state index in [0.29, 0.717) is 0 Å². The van der Waals surface area contributed by atoms with Gasteiger partial charge in [0, 0.05) is 0 Å². The quantitative estimate of drug-likeness (QED) is 0.401. The van der Waals surface area contributed by atoms with Crippen LogP contribution in [-0.2, 0) is 0 Å². The van der Waals surface area contributed by atoms with Crippen LogP contribution in [0.25, 0.3) is 0 Å². The standard InChI is InChI=1S/C10H18/c1-4-6-7-9-10(3)8-5-2/h4,8H,1,5-7,9H2,2-3H3. The van der Waals surface area contributed by atoms with Crippen molar-refractivity contribution in [3.8, 4) is 0 Å². The van der Waals surface area contributed by atoms with Gasteiger partial charge in [-0.3, -0.25) is 0 Å². The van der Waals surface area contributed by atoms with Crippen molar-refractivity contribution in [1.29, 1.82) is 0 Å². The Balaban J connectivity index is 3.29. The maximum Gasteiger partial charge on any atom is -0.0320 e. The molecule has 0 aliphatic carbocycles. The molecule has 0 heteroatoms. The van der Waals surface area contributed by atoms with Gasteiger partial charge in [-0.2, -0.15) is 0 Å². The summed E-state index contributed by atoms with van der Waals surface area (Å²) in [5.74, 6) is 0. The van der Waals surface area contributed by atoms with Crippen LogP contribution < -0.4 is 0 Å². The second kappa shape index (κ2) is 6.60. The fourth-order valence-corrected chi connectivity index (χ4v) is 0.976. The van der Waals surface area contributed by atoms with E-state index in [9.17, 15) is 0 Å². The van der Waals surface area contributed by atoms with E-state index in [-0.39, 0.29) is 0 Å². The number of unbranched alkanes of at least 4 members (excludes halogenated alkanes) is 1. The average Bonchev–Trinajstić information content (AvgIpc) is 1.89. The predicted octanol–water partition coefficient (Wildman–Crippen LogP) is 3.70. The van der Waals surface area contributed by atoms with E-state index in [2.05, 4.69) is 26.5 Å². The molecule has 0 aromatic rings. The van der Waals surface area contributed by atoms with Gasteiger partial charge in [0.15, 0.2) is 0 Å². The molecule has 0 amide bonds. The Morgan fingerprint density at radius 2 is 2.20 bits per heavy atom. The first kappa shape index (κ1) is 9.48. The third kappa shape index (κ3) is 5.61. The van der Waals surface area contributed by atoms with Crippen molar-refractivity contribution in [2.45, 2.75) is 39.5 Å². The topological polar surface area (TPSA) is 0 Å². The first-order valence-corrected chi connectivity index (χ1v) is 4.07.